The fourth-order valence-electron chi connectivity index (χ4n) is 1.57. The molecular weight excluding hydrogens is 196 g/mol. The standard InChI is InChI=1S/C10H12N2OS/c1-7-9(13)12(2)10(14-7)8-4-3-5-11-6-8/h3-7,10H,1-2H3. The summed E-state index contributed by atoms with van der Waals surface area (Å²) >= 11 is 1.67. The van der Waals surface area contributed by atoms with Crippen molar-refractivity contribution in [3.63, 3.8) is 0 Å². The quantitative estimate of drug-likeness (QED) is 0.704. The Balaban J connectivity index is 2.26. The summed E-state index contributed by atoms with van der Waals surface area (Å²) in [6.07, 6.45) is 3.56. The monoisotopic (exact) mass is 208 g/mol. The van der Waals surface area contributed by atoms with Gasteiger partial charge in [0, 0.05) is 25.0 Å². The van der Waals surface area contributed by atoms with Crippen molar-refractivity contribution in [3.8, 4) is 0 Å². The lowest BCUT2D eigenvalue weighted by atomic mass is 10.2. The summed E-state index contributed by atoms with van der Waals surface area (Å²) in [4.78, 5) is 17.4. The highest BCUT2D eigenvalue weighted by atomic mass is 32.2. The van der Waals surface area contributed by atoms with Crippen molar-refractivity contribution in [2.24, 2.45) is 0 Å². The second-order valence-electron chi connectivity index (χ2n) is 3.37. The van der Waals surface area contributed by atoms with Crippen molar-refractivity contribution in [1.29, 1.82) is 0 Å². The lowest BCUT2D eigenvalue weighted by Crippen LogP contribution is -2.25. The van der Waals surface area contributed by atoms with Crippen LogP contribution in [0.1, 0.15) is 17.9 Å². The fraction of sp³-hybridized carbons (Fsp3) is 0.400. The maximum Gasteiger partial charge on any atom is 0.236 e. The first-order chi connectivity index (χ1) is 6.70. The second-order valence-corrected chi connectivity index (χ2v) is 4.79. The van der Waals surface area contributed by atoms with Crippen molar-refractivity contribution in [1.82, 2.24) is 9.88 Å². The normalized spacial score (nSPS) is 27.0. The van der Waals surface area contributed by atoms with E-state index in [1.54, 1.807) is 22.9 Å². The third-order valence-electron chi connectivity index (χ3n) is 2.35. The zero-order chi connectivity index (χ0) is 10.1. The summed E-state index contributed by atoms with van der Waals surface area (Å²) in [5, 5.41) is 0.191. The molecule has 1 aliphatic rings. The number of thioether (sulfide) groups is 1. The van der Waals surface area contributed by atoms with Crippen LogP contribution in [0, 0.1) is 0 Å². The summed E-state index contributed by atoms with van der Waals surface area (Å²) in [5.41, 5.74) is 1.10. The zero-order valence-electron chi connectivity index (χ0n) is 8.18. The molecule has 2 atom stereocenters. The Labute approximate surface area is 87.5 Å². The van der Waals surface area contributed by atoms with Crippen LogP contribution < -0.4 is 0 Å². The molecule has 4 heteroatoms. The predicted molar refractivity (Wildman–Crippen MR) is 56.8 cm³/mol. The summed E-state index contributed by atoms with van der Waals surface area (Å²) in [6, 6.07) is 3.91. The molecule has 0 spiro atoms. The van der Waals surface area contributed by atoms with Gasteiger partial charge in [-0.3, -0.25) is 9.78 Å². The zero-order valence-corrected chi connectivity index (χ0v) is 8.99. The molecule has 1 saturated heterocycles. The van der Waals surface area contributed by atoms with E-state index >= 15 is 0 Å². The lowest BCUT2D eigenvalue weighted by molar-refractivity contribution is -0.128. The topological polar surface area (TPSA) is 33.2 Å². The van der Waals surface area contributed by atoms with Gasteiger partial charge < -0.3 is 4.90 Å². The van der Waals surface area contributed by atoms with Gasteiger partial charge in [-0.25, -0.2) is 0 Å². The number of aromatic nitrogens is 1. The first-order valence-electron chi connectivity index (χ1n) is 4.52. The molecule has 1 aromatic heterocycles. The molecule has 1 amide bonds. The van der Waals surface area contributed by atoms with Gasteiger partial charge in [0.1, 0.15) is 5.37 Å². The number of pyridine rings is 1. The molecule has 0 saturated carbocycles. The number of nitrogens with zero attached hydrogens (tertiary/aromatic N) is 2. The van der Waals surface area contributed by atoms with E-state index in [4.69, 9.17) is 0 Å². The molecule has 14 heavy (non-hydrogen) atoms. The van der Waals surface area contributed by atoms with Gasteiger partial charge in [0.05, 0.1) is 5.25 Å². The van der Waals surface area contributed by atoms with Gasteiger partial charge in [-0.05, 0) is 13.0 Å². The predicted octanol–water partition coefficient (Wildman–Crippen LogP) is 1.67. The minimum atomic E-state index is 0.0604. The Morgan fingerprint density at radius 2 is 2.36 bits per heavy atom. The number of rotatable bonds is 1. The average Bonchev–Trinajstić information content (AvgIpc) is 2.47. The molecule has 1 aromatic rings. The van der Waals surface area contributed by atoms with Crippen LogP contribution in [-0.4, -0.2) is 28.1 Å². The molecule has 0 N–H and O–H groups in total. The van der Waals surface area contributed by atoms with Crippen LogP contribution in [0.2, 0.25) is 0 Å². The summed E-state index contributed by atoms with van der Waals surface area (Å²) in [7, 11) is 1.84. The largest absolute Gasteiger partial charge is 0.329 e. The van der Waals surface area contributed by atoms with Gasteiger partial charge in [-0.2, -0.15) is 0 Å². The van der Waals surface area contributed by atoms with Crippen LogP contribution >= 0.6 is 11.8 Å². The Bertz CT molecular complexity index is 341. The Morgan fingerprint density at radius 3 is 2.86 bits per heavy atom. The third kappa shape index (κ3) is 1.50. The summed E-state index contributed by atoms with van der Waals surface area (Å²) in [5.74, 6) is 0.198. The molecule has 1 fully saturated rings. The van der Waals surface area contributed by atoms with Gasteiger partial charge >= 0.3 is 0 Å². The summed E-state index contributed by atoms with van der Waals surface area (Å²) < 4.78 is 0. The maximum atomic E-state index is 11.6. The van der Waals surface area contributed by atoms with Crippen LogP contribution in [0.5, 0.6) is 0 Å². The van der Waals surface area contributed by atoms with Crippen molar-refractivity contribution in [2.75, 3.05) is 7.05 Å². The number of amides is 1. The molecule has 2 heterocycles. The summed E-state index contributed by atoms with van der Waals surface area (Å²) in [6.45, 7) is 1.94. The van der Waals surface area contributed by atoms with E-state index in [1.165, 1.54) is 0 Å². The number of hydrogen-bond donors (Lipinski definition) is 0. The van der Waals surface area contributed by atoms with Crippen LogP contribution in [0.4, 0.5) is 0 Å². The molecule has 74 valence electrons. The molecule has 0 radical (unpaired) electrons. The minimum Gasteiger partial charge on any atom is -0.329 e. The highest BCUT2D eigenvalue weighted by Crippen LogP contribution is 2.41. The van der Waals surface area contributed by atoms with E-state index in [0.29, 0.717) is 0 Å². The molecule has 0 aliphatic carbocycles. The molecule has 2 rings (SSSR count). The Kier molecular flexibility index (Phi) is 2.46. The number of carbonyl (C=O) groups excluding carboxylic acids is 1. The maximum absolute atomic E-state index is 11.6. The van der Waals surface area contributed by atoms with Gasteiger partial charge in [-0.15, -0.1) is 11.8 Å². The van der Waals surface area contributed by atoms with E-state index in [1.807, 2.05) is 32.3 Å². The van der Waals surface area contributed by atoms with Crippen molar-refractivity contribution in [2.45, 2.75) is 17.5 Å². The molecule has 2 unspecified atom stereocenters. The van der Waals surface area contributed by atoms with Crippen LogP contribution in [0.15, 0.2) is 24.5 Å². The van der Waals surface area contributed by atoms with Crippen molar-refractivity contribution >= 4 is 17.7 Å². The van der Waals surface area contributed by atoms with Crippen molar-refractivity contribution in [3.05, 3.63) is 30.1 Å². The van der Waals surface area contributed by atoms with Gasteiger partial charge in [0.25, 0.3) is 0 Å². The van der Waals surface area contributed by atoms with Crippen LogP contribution in [0.25, 0.3) is 0 Å². The molecule has 3 nitrogen and oxygen atoms in total. The SMILES string of the molecule is CC1SC(c2cccnc2)N(C)C1=O. The molecular formula is C10H12N2OS. The minimum absolute atomic E-state index is 0.0604. The second kappa shape index (κ2) is 3.61. The number of hydrogen-bond acceptors (Lipinski definition) is 3. The van der Waals surface area contributed by atoms with Gasteiger partial charge in [-0.1, -0.05) is 6.07 Å². The third-order valence-corrected chi connectivity index (χ3v) is 3.81. The molecule has 1 aliphatic heterocycles. The number of carbonyl (C=O) groups is 1. The first kappa shape index (κ1) is 9.52. The van der Waals surface area contributed by atoms with E-state index < -0.39 is 0 Å². The smallest absolute Gasteiger partial charge is 0.236 e. The highest BCUT2D eigenvalue weighted by molar-refractivity contribution is 8.01. The van der Waals surface area contributed by atoms with Crippen LogP contribution in [0.3, 0.4) is 0 Å². The lowest BCUT2D eigenvalue weighted by Gasteiger charge is -2.18. The van der Waals surface area contributed by atoms with E-state index in [0.717, 1.165) is 5.56 Å². The van der Waals surface area contributed by atoms with Gasteiger partial charge in [0.2, 0.25) is 5.91 Å². The Hall–Kier alpha value is -1.03. The highest BCUT2D eigenvalue weighted by Gasteiger charge is 2.35. The van der Waals surface area contributed by atoms with Crippen LogP contribution in [-0.2, 0) is 4.79 Å². The molecule has 0 bridgehead atoms. The van der Waals surface area contributed by atoms with E-state index in [9.17, 15) is 4.79 Å². The van der Waals surface area contributed by atoms with E-state index in [-0.39, 0.29) is 16.5 Å². The van der Waals surface area contributed by atoms with E-state index in [2.05, 4.69) is 4.98 Å². The van der Waals surface area contributed by atoms with Gasteiger partial charge in [0.15, 0.2) is 0 Å². The molecule has 0 aromatic carbocycles. The first-order valence-corrected chi connectivity index (χ1v) is 5.46. The van der Waals surface area contributed by atoms with Crippen molar-refractivity contribution < 1.29 is 4.79 Å². The fourth-order valence-corrected chi connectivity index (χ4v) is 2.82. The average molecular weight is 208 g/mol. The Morgan fingerprint density at radius 1 is 1.57 bits per heavy atom.